The molecule has 6 nitrogen and oxygen atoms in total. The molecule has 0 aliphatic rings. The summed E-state index contributed by atoms with van der Waals surface area (Å²) in [5.41, 5.74) is 1.00. The fraction of sp³-hybridized carbons (Fsp3) is 0.500. The van der Waals surface area contributed by atoms with Crippen LogP contribution in [0.25, 0.3) is 0 Å². The third kappa shape index (κ3) is 3.26. The topological polar surface area (TPSA) is 83.4 Å². The van der Waals surface area contributed by atoms with Gasteiger partial charge in [0, 0.05) is 19.3 Å². The summed E-state index contributed by atoms with van der Waals surface area (Å²) in [7, 11) is 1.58. The largest absolute Gasteiger partial charge is 0.481 e. The molecule has 1 aromatic rings. The Morgan fingerprint density at radius 1 is 1.44 bits per heavy atom. The van der Waals surface area contributed by atoms with Crippen molar-refractivity contribution in [3.8, 4) is 0 Å². The van der Waals surface area contributed by atoms with Crippen LogP contribution in [0.5, 0.6) is 0 Å². The molecule has 0 aliphatic carbocycles. The minimum absolute atomic E-state index is 0.0893. The molecule has 1 N–H and O–H groups in total. The fourth-order valence-electron chi connectivity index (χ4n) is 1.57. The van der Waals surface area contributed by atoms with Gasteiger partial charge in [0.15, 0.2) is 0 Å². The van der Waals surface area contributed by atoms with Crippen molar-refractivity contribution >= 4 is 11.9 Å². The van der Waals surface area contributed by atoms with Crippen molar-refractivity contribution in [3.05, 3.63) is 23.3 Å². The maximum absolute atomic E-state index is 12.2. The molecule has 0 saturated heterocycles. The molecule has 98 valence electrons. The summed E-state index contributed by atoms with van der Waals surface area (Å²) in [5.74, 6) is -0.592. The maximum Gasteiger partial charge on any atom is 0.305 e. The summed E-state index contributed by atoms with van der Waals surface area (Å²) < 4.78 is 0. The minimum Gasteiger partial charge on any atom is -0.481 e. The van der Waals surface area contributed by atoms with E-state index in [0.29, 0.717) is 17.1 Å². The Hall–Kier alpha value is -1.98. The van der Waals surface area contributed by atoms with Gasteiger partial charge in [-0.2, -0.15) is 0 Å². The van der Waals surface area contributed by atoms with Gasteiger partial charge in [-0.25, -0.2) is 9.97 Å². The van der Waals surface area contributed by atoms with Crippen LogP contribution in [-0.2, 0) is 4.79 Å². The number of aryl methyl sites for hydroxylation is 2. The quantitative estimate of drug-likeness (QED) is 0.864. The molecule has 18 heavy (non-hydrogen) atoms. The number of rotatable bonds is 4. The lowest BCUT2D eigenvalue weighted by atomic mass is 10.1. The number of aliphatic carboxylic acids is 1. The third-order valence-electron chi connectivity index (χ3n) is 2.78. The van der Waals surface area contributed by atoms with Crippen LogP contribution in [-0.4, -0.2) is 44.9 Å². The zero-order valence-electron chi connectivity index (χ0n) is 11.0. The van der Waals surface area contributed by atoms with Gasteiger partial charge in [-0.05, 0) is 20.8 Å². The maximum atomic E-state index is 12.2. The zero-order chi connectivity index (χ0) is 13.9. The van der Waals surface area contributed by atoms with Crippen molar-refractivity contribution in [2.75, 3.05) is 7.05 Å². The summed E-state index contributed by atoms with van der Waals surface area (Å²) in [5, 5.41) is 8.71. The monoisotopic (exact) mass is 251 g/mol. The molecular weight excluding hydrogens is 234 g/mol. The molecule has 0 radical (unpaired) electrons. The predicted molar refractivity (Wildman–Crippen MR) is 65.3 cm³/mol. The molecule has 1 atom stereocenters. The van der Waals surface area contributed by atoms with Gasteiger partial charge in [0.05, 0.1) is 17.7 Å². The Morgan fingerprint density at radius 2 is 2.06 bits per heavy atom. The number of hydrogen-bond donors (Lipinski definition) is 1. The molecule has 6 heteroatoms. The van der Waals surface area contributed by atoms with Crippen LogP contribution in [0.4, 0.5) is 0 Å². The summed E-state index contributed by atoms with van der Waals surface area (Å²) in [6.07, 6.45) is 1.39. The van der Waals surface area contributed by atoms with Crippen molar-refractivity contribution in [1.29, 1.82) is 0 Å². The highest BCUT2D eigenvalue weighted by molar-refractivity contribution is 5.95. The van der Waals surface area contributed by atoms with E-state index in [4.69, 9.17) is 5.11 Å². The average molecular weight is 251 g/mol. The lowest BCUT2D eigenvalue weighted by molar-refractivity contribution is -0.137. The van der Waals surface area contributed by atoms with E-state index in [-0.39, 0.29) is 18.4 Å². The predicted octanol–water partition coefficient (Wildman–Crippen LogP) is 1.03. The Labute approximate surface area is 106 Å². The minimum atomic E-state index is -0.931. The summed E-state index contributed by atoms with van der Waals surface area (Å²) in [4.78, 5) is 32.3. The molecule has 0 saturated carbocycles. The van der Waals surface area contributed by atoms with Gasteiger partial charge >= 0.3 is 5.97 Å². The van der Waals surface area contributed by atoms with Gasteiger partial charge in [0.25, 0.3) is 5.91 Å². The van der Waals surface area contributed by atoms with E-state index in [1.807, 2.05) is 0 Å². The van der Waals surface area contributed by atoms with Crippen LogP contribution in [0.1, 0.15) is 35.2 Å². The average Bonchev–Trinajstić information content (AvgIpc) is 2.26. The summed E-state index contributed by atoms with van der Waals surface area (Å²) in [6, 6.07) is -0.379. The van der Waals surface area contributed by atoms with Gasteiger partial charge in [0.2, 0.25) is 0 Å². The van der Waals surface area contributed by atoms with Crippen LogP contribution in [0.3, 0.4) is 0 Å². The second-order valence-corrected chi connectivity index (χ2v) is 4.28. The number of amides is 1. The van der Waals surface area contributed by atoms with Crippen LogP contribution < -0.4 is 0 Å². The first kappa shape index (κ1) is 14.1. The number of aromatic nitrogens is 2. The van der Waals surface area contributed by atoms with Crippen molar-refractivity contribution in [1.82, 2.24) is 14.9 Å². The van der Waals surface area contributed by atoms with E-state index in [1.165, 1.54) is 11.1 Å². The van der Waals surface area contributed by atoms with Crippen molar-refractivity contribution in [3.63, 3.8) is 0 Å². The van der Waals surface area contributed by atoms with Crippen molar-refractivity contribution in [2.45, 2.75) is 33.2 Å². The molecule has 1 heterocycles. The smallest absolute Gasteiger partial charge is 0.305 e. The number of carboxylic acid groups (broad SMARTS) is 1. The first-order chi connectivity index (χ1) is 8.32. The Kier molecular flexibility index (Phi) is 4.36. The van der Waals surface area contributed by atoms with Gasteiger partial charge in [-0.15, -0.1) is 0 Å². The van der Waals surface area contributed by atoms with Crippen LogP contribution in [0.2, 0.25) is 0 Å². The molecular formula is C12H17N3O3. The lowest BCUT2D eigenvalue weighted by Crippen LogP contribution is -2.37. The molecule has 0 bridgehead atoms. The number of hydrogen-bond acceptors (Lipinski definition) is 4. The van der Waals surface area contributed by atoms with Crippen LogP contribution >= 0.6 is 0 Å². The van der Waals surface area contributed by atoms with E-state index in [9.17, 15) is 9.59 Å². The molecule has 1 unspecified atom stereocenters. The SMILES string of the molecule is Cc1ncc(C(=O)N(C)C(C)CC(=O)O)c(C)n1. The highest BCUT2D eigenvalue weighted by Gasteiger charge is 2.21. The van der Waals surface area contributed by atoms with Crippen molar-refractivity contribution < 1.29 is 14.7 Å². The van der Waals surface area contributed by atoms with Gasteiger partial charge in [-0.3, -0.25) is 9.59 Å². The molecule has 0 aromatic carbocycles. The number of carboxylic acids is 1. The number of carbonyl (C=O) groups excluding carboxylic acids is 1. The molecule has 0 fully saturated rings. The molecule has 0 spiro atoms. The van der Waals surface area contributed by atoms with E-state index in [0.717, 1.165) is 0 Å². The van der Waals surface area contributed by atoms with Gasteiger partial charge in [-0.1, -0.05) is 0 Å². The number of nitrogens with zero attached hydrogens (tertiary/aromatic N) is 3. The first-order valence-corrected chi connectivity index (χ1v) is 5.62. The first-order valence-electron chi connectivity index (χ1n) is 5.62. The van der Waals surface area contributed by atoms with Crippen LogP contribution in [0.15, 0.2) is 6.20 Å². The highest BCUT2D eigenvalue weighted by Crippen LogP contribution is 2.11. The molecule has 1 rings (SSSR count). The highest BCUT2D eigenvalue weighted by atomic mass is 16.4. The van der Waals surface area contributed by atoms with E-state index < -0.39 is 5.97 Å². The van der Waals surface area contributed by atoms with Crippen LogP contribution in [0, 0.1) is 13.8 Å². The van der Waals surface area contributed by atoms with E-state index in [1.54, 1.807) is 27.8 Å². The number of carbonyl (C=O) groups is 2. The third-order valence-corrected chi connectivity index (χ3v) is 2.78. The Balaban J connectivity index is 2.89. The standard InChI is InChI=1S/C12H17N3O3/c1-7(5-11(16)17)15(4)12(18)10-6-13-9(3)14-8(10)2/h6-7H,5H2,1-4H3,(H,16,17). The lowest BCUT2D eigenvalue weighted by Gasteiger charge is -2.24. The van der Waals surface area contributed by atoms with Crippen molar-refractivity contribution in [2.24, 2.45) is 0 Å². The molecule has 1 aromatic heterocycles. The molecule has 0 aliphatic heterocycles. The fourth-order valence-corrected chi connectivity index (χ4v) is 1.57. The Morgan fingerprint density at radius 3 is 2.56 bits per heavy atom. The Bertz CT molecular complexity index is 474. The van der Waals surface area contributed by atoms with E-state index >= 15 is 0 Å². The second-order valence-electron chi connectivity index (χ2n) is 4.28. The van der Waals surface area contributed by atoms with Gasteiger partial charge < -0.3 is 10.0 Å². The zero-order valence-corrected chi connectivity index (χ0v) is 11.0. The summed E-state index contributed by atoms with van der Waals surface area (Å²) in [6.45, 7) is 5.17. The second kappa shape index (κ2) is 5.57. The van der Waals surface area contributed by atoms with Gasteiger partial charge in [0.1, 0.15) is 5.82 Å². The van der Waals surface area contributed by atoms with E-state index in [2.05, 4.69) is 9.97 Å². The normalized spacial score (nSPS) is 12.0. The molecule has 1 amide bonds. The summed E-state index contributed by atoms with van der Waals surface area (Å²) >= 11 is 0.